The fourth-order valence-electron chi connectivity index (χ4n) is 1.24. The van der Waals surface area contributed by atoms with Gasteiger partial charge in [-0.2, -0.15) is 0 Å². The molecule has 20 heavy (non-hydrogen) atoms. The lowest BCUT2D eigenvalue weighted by molar-refractivity contribution is 0.0136. The molecule has 0 bridgehead atoms. The summed E-state index contributed by atoms with van der Waals surface area (Å²) in [6, 6.07) is 0. The van der Waals surface area contributed by atoms with Gasteiger partial charge in [0.05, 0.1) is 26.4 Å². The van der Waals surface area contributed by atoms with E-state index >= 15 is 0 Å². The van der Waals surface area contributed by atoms with Crippen LogP contribution in [-0.4, -0.2) is 52.9 Å². The van der Waals surface area contributed by atoms with E-state index in [4.69, 9.17) is 18.9 Å². The van der Waals surface area contributed by atoms with Gasteiger partial charge >= 0.3 is 0 Å². The van der Waals surface area contributed by atoms with Crippen LogP contribution in [0.25, 0.3) is 0 Å². The molecule has 124 valence electrons. The van der Waals surface area contributed by atoms with Crippen molar-refractivity contribution in [1.82, 2.24) is 0 Å². The van der Waals surface area contributed by atoms with E-state index in [2.05, 4.69) is 13.8 Å². The van der Waals surface area contributed by atoms with Gasteiger partial charge in [0, 0.05) is 26.4 Å². The summed E-state index contributed by atoms with van der Waals surface area (Å²) in [5, 5.41) is 0. The number of hydrogen-bond acceptors (Lipinski definition) is 4. The lowest BCUT2D eigenvalue weighted by Crippen LogP contribution is -2.10. The maximum absolute atomic E-state index is 5.35. The quantitative estimate of drug-likeness (QED) is 0.458. The van der Waals surface area contributed by atoms with Crippen molar-refractivity contribution in [2.45, 2.75) is 53.4 Å². The maximum atomic E-state index is 5.35. The Morgan fingerprint density at radius 1 is 0.450 bits per heavy atom. The third-order valence-electron chi connectivity index (χ3n) is 2.44. The monoisotopic (exact) mass is 292 g/mol. The molecule has 0 saturated carbocycles. The minimum atomic E-state index is 0.681. The second-order valence-corrected chi connectivity index (χ2v) is 4.33. The van der Waals surface area contributed by atoms with Crippen LogP contribution in [0.1, 0.15) is 53.4 Å². The Bertz CT molecular complexity index is 128. The lowest BCUT2D eigenvalue weighted by Gasteiger charge is -2.06. The van der Waals surface area contributed by atoms with Gasteiger partial charge in [0.15, 0.2) is 0 Å². The first-order chi connectivity index (χ1) is 9.83. The van der Waals surface area contributed by atoms with E-state index in [1.54, 1.807) is 0 Å². The second-order valence-electron chi connectivity index (χ2n) is 4.33. The number of unbranched alkanes of at least 4 members (excludes halogenated alkanes) is 2. The summed E-state index contributed by atoms with van der Waals surface area (Å²) in [5.41, 5.74) is 0. The molecule has 0 aromatic carbocycles. The van der Waals surface area contributed by atoms with Gasteiger partial charge in [-0.05, 0) is 26.7 Å². The fraction of sp³-hybridized carbons (Fsp3) is 1.00. The largest absolute Gasteiger partial charge is 0.382 e. The van der Waals surface area contributed by atoms with Crippen LogP contribution in [-0.2, 0) is 18.9 Å². The highest BCUT2D eigenvalue weighted by atomic mass is 16.5. The molecule has 0 aliphatic heterocycles. The molecule has 0 rings (SSSR count). The lowest BCUT2D eigenvalue weighted by atomic mass is 10.4. The van der Waals surface area contributed by atoms with Gasteiger partial charge in [0.1, 0.15) is 0 Å². The van der Waals surface area contributed by atoms with E-state index < -0.39 is 0 Å². The molecule has 0 amide bonds. The average Bonchev–Trinajstić information content (AvgIpc) is 2.46. The average molecular weight is 292 g/mol. The standard InChI is InChI=1S/C12H26O3.C4H10O/c1-3-5-7-13-9-11-15-12-10-14-8-6-4-2;1-3-5-4-2/h3-12H2,1-2H3;3-4H2,1-2H3. The van der Waals surface area contributed by atoms with E-state index in [1.807, 2.05) is 13.8 Å². The van der Waals surface area contributed by atoms with Gasteiger partial charge in [-0.25, -0.2) is 0 Å². The molecular weight excluding hydrogens is 256 g/mol. The Morgan fingerprint density at radius 2 is 0.800 bits per heavy atom. The molecule has 0 aliphatic carbocycles. The summed E-state index contributed by atoms with van der Waals surface area (Å²) in [4.78, 5) is 0. The smallest absolute Gasteiger partial charge is 0.0701 e. The molecule has 0 N–H and O–H groups in total. The number of rotatable bonds is 14. The highest BCUT2D eigenvalue weighted by Gasteiger charge is 1.90. The van der Waals surface area contributed by atoms with Gasteiger partial charge < -0.3 is 18.9 Å². The molecule has 0 aliphatic rings. The van der Waals surface area contributed by atoms with Crippen LogP contribution in [0.3, 0.4) is 0 Å². The summed E-state index contributed by atoms with van der Waals surface area (Å²) in [6.45, 7) is 14.5. The first-order valence-electron chi connectivity index (χ1n) is 8.14. The van der Waals surface area contributed by atoms with Crippen LogP contribution in [0.5, 0.6) is 0 Å². The highest BCUT2D eigenvalue weighted by molar-refractivity contribution is 4.36. The minimum Gasteiger partial charge on any atom is -0.382 e. The molecule has 0 aromatic heterocycles. The molecule has 0 atom stereocenters. The first-order valence-corrected chi connectivity index (χ1v) is 8.14. The predicted octanol–water partition coefficient (Wildman–Crippen LogP) is 3.68. The molecule has 0 heterocycles. The van der Waals surface area contributed by atoms with Crippen LogP contribution >= 0.6 is 0 Å². The van der Waals surface area contributed by atoms with Gasteiger partial charge in [0.2, 0.25) is 0 Å². The summed E-state index contributed by atoms with van der Waals surface area (Å²) >= 11 is 0. The maximum Gasteiger partial charge on any atom is 0.0701 e. The second kappa shape index (κ2) is 23.9. The molecule has 4 nitrogen and oxygen atoms in total. The van der Waals surface area contributed by atoms with Crippen molar-refractivity contribution in [1.29, 1.82) is 0 Å². The van der Waals surface area contributed by atoms with Crippen LogP contribution in [0.2, 0.25) is 0 Å². The van der Waals surface area contributed by atoms with Gasteiger partial charge in [-0.1, -0.05) is 26.7 Å². The van der Waals surface area contributed by atoms with Crippen LogP contribution in [0, 0.1) is 0 Å². The number of hydrogen-bond donors (Lipinski definition) is 0. The zero-order valence-corrected chi connectivity index (χ0v) is 14.1. The fourth-order valence-corrected chi connectivity index (χ4v) is 1.24. The molecule has 4 heteroatoms. The van der Waals surface area contributed by atoms with Crippen molar-refractivity contribution in [3.05, 3.63) is 0 Å². The summed E-state index contributed by atoms with van der Waals surface area (Å²) in [7, 11) is 0. The minimum absolute atomic E-state index is 0.681. The Labute approximate surface area is 126 Å². The van der Waals surface area contributed by atoms with Crippen molar-refractivity contribution in [3.63, 3.8) is 0 Å². The van der Waals surface area contributed by atoms with Crippen molar-refractivity contribution in [2.24, 2.45) is 0 Å². The third kappa shape index (κ3) is 26.4. The Balaban J connectivity index is 0. The van der Waals surface area contributed by atoms with Crippen LogP contribution < -0.4 is 0 Å². The van der Waals surface area contributed by atoms with Gasteiger partial charge in [-0.3, -0.25) is 0 Å². The summed E-state index contributed by atoms with van der Waals surface area (Å²) in [6.07, 6.45) is 4.65. The van der Waals surface area contributed by atoms with E-state index in [9.17, 15) is 0 Å². The van der Waals surface area contributed by atoms with E-state index in [0.29, 0.717) is 26.4 Å². The molecule has 0 spiro atoms. The molecule has 0 saturated heterocycles. The van der Waals surface area contributed by atoms with Crippen molar-refractivity contribution >= 4 is 0 Å². The normalized spacial score (nSPS) is 10.2. The van der Waals surface area contributed by atoms with Gasteiger partial charge in [0.25, 0.3) is 0 Å². The van der Waals surface area contributed by atoms with E-state index in [0.717, 1.165) is 39.3 Å². The predicted molar refractivity (Wildman–Crippen MR) is 84.4 cm³/mol. The molecule has 0 unspecified atom stereocenters. The highest BCUT2D eigenvalue weighted by Crippen LogP contribution is 1.89. The molecule has 0 aromatic rings. The SMILES string of the molecule is CCCCOCCOCCOCCCC.CCOCC. The Morgan fingerprint density at radius 3 is 1.05 bits per heavy atom. The molecule has 0 fully saturated rings. The van der Waals surface area contributed by atoms with Crippen molar-refractivity contribution in [3.8, 4) is 0 Å². The Hall–Kier alpha value is -0.160. The number of ether oxygens (including phenoxy) is 4. The zero-order valence-electron chi connectivity index (χ0n) is 14.1. The van der Waals surface area contributed by atoms with E-state index in [1.165, 1.54) is 12.8 Å². The topological polar surface area (TPSA) is 36.9 Å². The van der Waals surface area contributed by atoms with Crippen molar-refractivity contribution in [2.75, 3.05) is 52.9 Å². The van der Waals surface area contributed by atoms with Gasteiger partial charge in [-0.15, -0.1) is 0 Å². The Kier molecular flexibility index (Phi) is 26.4. The van der Waals surface area contributed by atoms with Crippen molar-refractivity contribution < 1.29 is 18.9 Å². The summed E-state index contributed by atoms with van der Waals surface area (Å²) < 4.78 is 20.9. The van der Waals surface area contributed by atoms with E-state index in [-0.39, 0.29) is 0 Å². The molecular formula is C16H36O4. The third-order valence-corrected chi connectivity index (χ3v) is 2.44. The summed E-state index contributed by atoms with van der Waals surface area (Å²) in [5.74, 6) is 0. The first kappa shape index (κ1) is 22.1. The zero-order chi connectivity index (χ0) is 15.3. The molecule has 0 radical (unpaired) electrons. The van der Waals surface area contributed by atoms with Crippen LogP contribution in [0.15, 0.2) is 0 Å². The van der Waals surface area contributed by atoms with Crippen LogP contribution in [0.4, 0.5) is 0 Å².